The van der Waals surface area contributed by atoms with E-state index in [-0.39, 0.29) is 78.2 Å². The Labute approximate surface area is 414 Å². The Balaban J connectivity index is 1.32. The summed E-state index contributed by atoms with van der Waals surface area (Å²) in [5.41, 5.74) is -2.17. The number of hydrogen-bond donors (Lipinski definition) is 4. The number of amides is 4. The lowest BCUT2D eigenvalue weighted by atomic mass is 9.98. The van der Waals surface area contributed by atoms with Crippen LogP contribution in [0.3, 0.4) is 0 Å². The van der Waals surface area contributed by atoms with Gasteiger partial charge in [0.05, 0.1) is 53.7 Å². The Bertz CT molecular complexity index is 2770. The van der Waals surface area contributed by atoms with E-state index in [9.17, 15) is 55.1 Å². The van der Waals surface area contributed by atoms with Gasteiger partial charge in [0.2, 0.25) is 12.1 Å². The van der Waals surface area contributed by atoms with Crippen LogP contribution in [-0.4, -0.2) is 47.3 Å². The van der Waals surface area contributed by atoms with Crippen molar-refractivity contribution >= 4 is 116 Å². The number of benzene rings is 5. The lowest BCUT2D eigenvalue weighted by molar-refractivity contribution is -0.138. The summed E-state index contributed by atoms with van der Waals surface area (Å²) in [6, 6.07) is 11.9. The third-order valence-electron chi connectivity index (χ3n) is 10.0. The standard InChI is InChI=1S/C46H36Cl4F6N8O6/c1-5-25-26(6-2)32(58-44(70)40(22(4)66)64-62-34-12-8-10-28(38(34)50)42(68)60-36-20-24(46(54,55)56)14-16-30(36)48)18-17-31(25)57-43(69)39(21(3)65)63-61-33-11-7-9-27(37(33)49)41(67)59-35-19-23(45(51,52)53)13-15-29(35)47/h7-20,39-40H,5-6H2,1-4H3,(H,57,69)(H,58,70)(H,59,67)(H,60,68). The van der Waals surface area contributed by atoms with Crippen molar-refractivity contribution in [3.63, 3.8) is 0 Å². The summed E-state index contributed by atoms with van der Waals surface area (Å²) in [5, 5.41) is 24.5. The maximum atomic E-state index is 13.6. The van der Waals surface area contributed by atoms with E-state index in [1.807, 2.05) is 0 Å². The predicted octanol–water partition coefficient (Wildman–Crippen LogP) is 13.3. The third kappa shape index (κ3) is 13.1. The van der Waals surface area contributed by atoms with E-state index < -0.39 is 70.8 Å². The van der Waals surface area contributed by atoms with Crippen molar-refractivity contribution in [3.05, 3.63) is 138 Å². The Hall–Kier alpha value is -6.74. The number of Topliss-reactive ketones (excluding diaryl/α,β-unsaturated/α-hetero) is 2. The van der Waals surface area contributed by atoms with Crippen LogP contribution < -0.4 is 21.3 Å². The molecule has 5 aromatic rings. The Morgan fingerprint density at radius 1 is 0.514 bits per heavy atom. The zero-order valence-electron chi connectivity index (χ0n) is 36.7. The lowest BCUT2D eigenvalue weighted by Gasteiger charge is -2.20. The van der Waals surface area contributed by atoms with Crippen molar-refractivity contribution in [2.24, 2.45) is 20.5 Å². The van der Waals surface area contributed by atoms with Gasteiger partial charge in [-0.1, -0.05) is 72.4 Å². The number of nitrogens with zero attached hydrogens (tertiary/aromatic N) is 4. The van der Waals surface area contributed by atoms with Crippen molar-refractivity contribution in [2.75, 3.05) is 21.3 Å². The van der Waals surface area contributed by atoms with E-state index >= 15 is 0 Å². The SMILES string of the molecule is CCc1c(NC(=O)C(N=Nc2cccc(C(=O)Nc3cc(C(F)(F)F)ccc3Cl)c2Cl)C(C)=O)ccc(NC(=O)C(N=Nc2cccc(C(=O)Nc3cc(C(F)(F)F)ccc3Cl)c2Cl)C(C)=O)c1CC. The number of rotatable bonds is 16. The zero-order chi connectivity index (χ0) is 51.8. The fraction of sp³-hybridized carbons (Fsp3) is 0.217. The maximum Gasteiger partial charge on any atom is 0.416 e. The highest BCUT2D eigenvalue weighted by Crippen LogP contribution is 2.38. The van der Waals surface area contributed by atoms with Crippen LogP contribution in [0.4, 0.5) is 60.5 Å². The number of carbonyl (C=O) groups excluding carboxylic acids is 6. The monoisotopic (exact) mass is 1050 g/mol. The van der Waals surface area contributed by atoms with Gasteiger partial charge in [0, 0.05) is 11.4 Å². The van der Waals surface area contributed by atoms with Crippen molar-refractivity contribution in [3.8, 4) is 0 Å². The zero-order valence-corrected chi connectivity index (χ0v) is 39.7. The molecule has 4 N–H and O–H groups in total. The van der Waals surface area contributed by atoms with Crippen LogP contribution in [0.25, 0.3) is 0 Å². The molecule has 5 aromatic carbocycles. The van der Waals surface area contributed by atoms with E-state index in [1.165, 1.54) is 48.5 Å². The highest BCUT2D eigenvalue weighted by Gasteiger charge is 2.33. The first-order valence-corrected chi connectivity index (χ1v) is 21.9. The molecule has 5 rings (SSSR count). The largest absolute Gasteiger partial charge is 0.416 e. The van der Waals surface area contributed by atoms with Crippen LogP contribution in [-0.2, 0) is 44.4 Å². The predicted molar refractivity (Wildman–Crippen MR) is 252 cm³/mol. The second kappa shape index (κ2) is 22.8. The first kappa shape index (κ1) is 54.2. The second-order valence-corrected chi connectivity index (χ2v) is 16.4. The Kier molecular flexibility index (Phi) is 17.6. The molecule has 0 aliphatic carbocycles. The van der Waals surface area contributed by atoms with Gasteiger partial charge in [0.15, 0.2) is 11.6 Å². The average molecular weight is 1050 g/mol. The van der Waals surface area contributed by atoms with Crippen LogP contribution >= 0.6 is 46.4 Å². The first-order chi connectivity index (χ1) is 32.9. The van der Waals surface area contributed by atoms with E-state index in [4.69, 9.17) is 46.4 Å². The number of azo groups is 2. The summed E-state index contributed by atoms with van der Waals surface area (Å²) in [6.07, 6.45) is -8.88. The molecule has 0 radical (unpaired) electrons. The molecular weight excluding hydrogens is 1020 g/mol. The molecule has 0 spiro atoms. The van der Waals surface area contributed by atoms with Crippen molar-refractivity contribution in [1.82, 2.24) is 0 Å². The number of hydrogen-bond acceptors (Lipinski definition) is 10. The van der Waals surface area contributed by atoms with Gasteiger partial charge in [-0.25, -0.2) is 0 Å². The minimum Gasteiger partial charge on any atom is -0.323 e. The molecule has 4 amide bonds. The van der Waals surface area contributed by atoms with Crippen molar-refractivity contribution in [2.45, 2.75) is 65.0 Å². The van der Waals surface area contributed by atoms with Crippen LogP contribution in [0.2, 0.25) is 20.1 Å². The van der Waals surface area contributed by atoms with Crippen molar-refractivity contribution in [1.29, 1.82) is 0 Å². The molecule has 0 heterocycles. The summed E-state index contributed by atoms with van der Waals surface area (Å²) in [7, 11) is 0. The molecule has 0 saturated heterocycles. The van der Waals surface area contributed by atoms with Crippen LogP contribution in [0.15, 0.2) is 105 Å². The van der Waals surface area contributed by atoms with Gasteiger partial charge < -0.3 is 21.3 Å². The van der Waals surface area contributed by atoms with Gasteiger partial charge in [-0.05, 0) is 111 Å². The van der Waals surface area contributed by atoms with Gasteiger partial charge >= 0.3 is 12.4 Å². The molecule has 0 saturated carbocycles. The fourth-order valence-electron chi connectivity index (χ4n) is 6.53. The molecule has 0 aliphatic heterocycles. The molecular formula is C46H36Cl4F6N8O6. The molecule has 2 atom stereocenters. The van der Waals surface area contributed by atoms with E-state index in [0.29, 0.717) is 23.3 Å². The fourth-order valence-corrected chi connectivity index (χ4v) is 7.36. The molecule has 70 heavy (non-hydrogen) atoms. The number of anilines is 4. The number of carbonyl (C=O) groups is 6. The van der Waals surface area contributed by atoms with Crippen LogP contribution in [0, 0.1) is 0 Å². The van der Waals surface area contributed by atoms with Gasteiger partial charge in [0.25, 0.3) is 23.6 Å². The van der Waals surface area contributed by atoms with Gasteiger partial charge in [-0.2, -0.15) is 46.8 Å². The number of halogens is 10. The molecule has 14 nitrogen and oxygen atoms in total. The minimum absolute atomic E-state index is 0.170. The number of ketones is 2. The molecule has 0 bridgehead atoms. The molecule has 0 aliphatic rings. The summed E-state index contributed by atoms with van der Waals surface area (Å²) < 4.78 is 79.7. The van der Waals surface area contributed by atoms with E-state index in [2.05, 4.69) is 41.7 Å². The summed E-state index contributed by atoms with van der Waals surface area (Å²) >= 11 is 24.9. The Morgan fingerprint density at radius 3 is 1.19 bits per heavy atom. The normalized spacial score (nSPS) is 12.7. The van der Waals surface area contributed by atoms with Crippen LogP contribution in [0.5, 0.6) is 0 Å². The van der Waals surface area contributed by atoms with Gasteiger partial charge in [0.1, 0.15) is 11.4 Å². The minimum atomic E-state index is -4.72. The average Bonchev–Trinajstić information content (AvgIpc) is 3.28. The quantitative estimate of drug-likeness (QED) is 0.0430. The third-order valence-corrected chi connectivity index (χ3v) is 11.5. The van der Waals surface area contributed by atoms with Gasteiger partial charge in [-0.3, -0.25) is 28.8 Å². The molecule has 24 heteroatoms. The first-order valence-electron chi connectivity index (χ1n) is 20.4. The van der Waals surface area contributed by atoms with Gasteiger partial charge in [-0.15, -0.1) is 0 Å². The second-order valence-electron chi connectivity index (χ2n) is 14.8. The molecule has 366 valence electrons. The summed E-state index contributed by atoms with van der Waals surface area (Å²) in [4.78, 5) is 78.9. The van der Waals surface area contributed by atoms with Crippen LogP contribution in [0.1, 0.15) is 70.7 Å². The molecule has 0 aromatic heterocycles. The summed E-state index contributed by atoms with van der Waals surface area (Å²) in [5.74, 6) is -5.25. The van der Waals surface area contributed by atoms with E-state index in [0.717, 1.165) is 38.1 Å². The lowest BCUT2D eigenvalue weighted by Crippen LogP contribution is -2.33. The molecule has 0 fully saturated rings. The number of nitrogens with one attached hydrogen (secondary N) is 4. The topological polar surface area (TPSA) is 200 Å². The molecule has 2 unspecified atom stereocenters. The van der Waals surface area contributed by atoms with E-state index in [1.54, 1.807) is 13.8 Å². The van der Waals surface area contributed by atoms with Crippen molar-refractivity contribution < 1.29 is 55.1 Å². The smallest absolute Gasteiger partial charge is 0.323 e. The Morgan fingerprint density at radius 2 is 0.871 bits per heavy atom. The highest BCUT2D eigenvalue weighted by atomic mass is 35.5. The maximum absolute atomic E-state index is 13.6. The highest BCUT2D eigenvalue weighted by molar-refractivity contribution is 6.38. The number of alkyl halides is 6. The summed E-state index contributed by atoms with van der Waals surface area (Å²) in [6.45, 7) is 5.66.